The van der Waals surface area contributed by atoms with E-state index in [2.05, 4.69) is 31.0 Å². The number of hydrogen-bond donors (Lipinski definition) is 1. The maximum absolute atomic E-state index is 12.8. The number of aromatic nitrogens is 3. The molecule has 2 aliphatic rings. The molecule has 1 N–H and O–H groups in total. The van der Waals surface area contributed by atoms with E-state index in [0.29, 0.717) is 25.3 Å². The van der Waals surface area contributed by atoms with Gasteiger partial charge in [0.1, 0.15) is 0 Å². The number of amides is 2. The van der Waals surface area contributed by atoms with Gasteiger partial charge in [-0.1, -0.05) is 12.2 Å². The van der Waals surface area contributed by atoms with Crippen molar-refractivity contribution in [3.8, 4) is 0 Å². The van der Waals surface area contributed by atoms with Gasteiger partial charge in [0.25, 0.3) is 0 Å². The van der Waals surface area contributed by atoms with Gasteiger partial charge in [-0.2, -0.15) is 5.10 Å². The molecule has 0 unspecified atom stereocenters. The number of rotatable bonds is 7. The molecule has 0 spiro atoms. The molecule has 2 amide bonds. The lowest BCUT2D eigenvalue weighted by Gasteiger charge is -2.32. The molecule has 0 aromatic carbocycles. The summed E-state index contributed by atoms with van der Waals surface area (Å²) in [7, 11) is 0. The number of allylic oxidation sites excluding steroid dienone is 1. The number of carbonyl (C=O) groups is 2. The van der Waals surface area contributed by atoms with Crippen LogP contribution in [0.1, 0.15) is 73.5 Å². The van der Waals surface area contributed by atoms with Crippen LogP contribution in [-0.2, 0) is 16.0 Å². The second-order valence-corrected chi connectivity index (χ2v) is 9.23. The summed E-state index contributed by atoms with van der Waals surface area (Å²) in [5, 5.41) is 7.73. The van der Waals surface area contributed by atoms with E-state index in [4.69, 9.17) is 10.1 Å². The lowest BCUT2D eigenvalue weighted by atomic mass is 9.92. The number of fused-ring (bicyclic) bond motifs is 1. The van der Waals surface area contributed by atoms with Crippen LogP contribution in [0.15, 0.2) is 30.4 Å². The van der Waals surface area contributed by atoms with Crippen LogP contribution >= 0.6 is 0 Å². The predicted molar refractivity (Wildman–Crippen MR) is 129 cm³/mol. The minimum absolute atomic E-state index is 0.0141. The summed E-state index contributed by atoms with van der Waals surface area (Å²) in [4.78, 5) is 31.6. The number of likely N-dealkylation sites (tertiary alicyclic amines) is 1. The Kier molecular flexibility index (Phi) is 7.26. The van der Waals surface area contributed by atoms with Crippen LogP contribution in [0.2, 0.25) is 0 Å². The Morgan fingerprint density at radius 2 is 2.03 bits per heavy atom. The molecule has 176 valence electrons. The van der Waals surface area contributed by atoms with Crippen molar-refractivity contribution in [2.45, 2.75) is 71.1 Å². The third kappa shape index (κ3) is 5.18. The van der Waals surface area contributed by atoms with Crippen LogP contribution in [0, 0.1) is 13.8 Å². The van der Waals surface area contributed by atoms with Crippen molar-refractivity contribution in [2.75, 3.05) is 19.6 Å². The van der Waals surface area contributed by atoms with Gasteiger partial charge in [0.15, 0.2) is 5.65 Å². The molecule has 0 bridgehead atoms. The molecule has 3 heterocycles. The summed E-state index contributed by atoms with van der Waals surface area (Å²) >= 11 is 0. The quantitative estimate of drug-likeness (QED) is 0.653. The first-order valence-corrected chi connectivity index (χ1v) is 12.2. The van der Waals surface area contributed by atoms with E-state index in [0.717, 1.165) is 79.1 Å². The van der Waals surface area contributed by atoms with Crippen molar-refractivity contribution in [2.24, 2.45) is 0 Å². The van der Waals surface area contributed by atoms with Gasteiger partial charge < -0.3 is 10.2 Å². The number of nitrogens with zero attached hydrogens (tertiary/aromatic N) is 4. The van der Waals surface area contributed by atoms with E-state index >= 15 is 0 Å². The Bertz CT molecular complexity index is 1080. The first-order valence-electron chi connectivity index (χ1n) is 12.2. The second kappa shape index (κ2) is 10.3. The molecule has 0 saturated carbocycles. The zero-order valence-electron chi connectivity index (χ0n) is 19.9. The minimum Gasteiger partial charge on any atom is -0.353 e. The summed E-state index contributed by atoms with van der Waals surface area (Å²) < 4.78 is 1.92. The van der Waals surface area contributed by atoms with Crippen molar-refractivity contribution in [3.63, 3.8) is 0 Å². The number of nitrogens with one attached hydrogen (secondary N) is 1. The van der Waals surface area contributed by atoms with Gasteiger partial charge in [-0.3, -0.25) is 9.59 Å². The standard InChI is InChI=1S/C26H35N5O2/c1-4-14-27-25(32)11-10-22-18(2)28-24-17-23(29-31(24)19(22)3)20-12-15-30(16-13-20)26(33)21-8-6-5-7-9-21/h4,8,17,20H,1,5-7,9-16H2,2-3H3,(H,27,32). The molecule has 7 heteroatoms. The van der Waals surface area contributed by atoms with Gasteiger partial charge >= 0.3 is 0 Å². The first-order chi connectivity index (χ1) is 16.0. The zero-order chi connectivity index (χ0) is 23.4. The van der Waals surface area contributed by atoms with E-state index < -0.39 is 0 Å². The summed E-state index contributed by atoms with van der Waals surface area (Å²) in [6, 6.07) is 2.09. The summed E-state index contributed by atoms with van der Waals surface area (Å²) in [6.07, 6.45) is 11.0. The predicted octanol–water partition coefficient (Wildman–Crippen LogP) is 3.79. The molecule has 33 heavy (non-hydrogen) atoms. The molecule has 1 aliphatic heterocycles. The van der Waals surface area contributed by atoms with Crippen molar-refractivity contribution in [1.29, 1.82) is 0 Å². The molecule has 2 aromatic heterocycles. The highest BCUT2D eigenvalue weighted by molar-refractivity contribution is 5.93. The van der Waals surface area contributed by atoms with Crippen LogP contribution in [0.3, 0.4) is 0 Å². The van der Waals surface area contributed by atoms with E-state index in [1.54, 1.807) is 6.08 Å². The Morgan fingerprint density at radius 1 is 1.24 bits per heavy atom. The fraction of sp³-hybridized carbons (Fsp3) is 0.538. The monoisotopic (exact) mass is 449 g/mol. The molecular formula is C26H35N5O2. The lowest BCUT2D eigenvalue weighted by molar-refractivity contribution is -0.128. The van der Waals surface area contributed by atoms with Crippen LogP contribution < -0.4 is 5.32 Å². The average molecular weight is 450 g/mol. The Hall–Kier alpha value is -2.96. The highest BCUT2D eigenvalue weighted by atomic mass is 16.2. The van der Waals surface area contributed by atoms with Crippen LogP contribution in [-0.4, -0.2) is 50.9 Å². The van der Waals surface area contributed by atoms with Crippen molar-refractivity contribution >= 4 is 17.5 Å². The van der Waals surface area contributed by atoms with Gasteiger partial charge in [0.05, 0.1) is 5.69 Å². The fourth-order valence-electron chi connectivity index (χ4n) is 5.03. The van der Waals surface area contributed by atoms with Crippen LogP contribution in [0.25, 0.3) is 5.65 Å². The molecule has 1 aliphatic carbocycles. The maximum Gasteiger partial charge on any atom is 0.249 e. The maximum atomic E-state index is 12.8. The van der Waals surface area contributed by atoms with Gasteiger partial charge in [-0.15, -0.1) is 6.58 Å². The van der Waals surface area contributed by atoms with Crippen molar-refractivity contribution in [1.82, 2.24) is 24.8 Å². The van der Waals surface area contributed by atoms with E-state index in [9.17, 15) is 9.59 Å². The number of hydrogen-bond acceptors (Lipinski definition) is 4. The third-order valence-electron chi connectivity index (χ3n) is 6.99. The van der Waals surface area contributed by atoms with Gasteiger partial charge in [0, 0.05) is 55.0 Å². The number of piperidine rings is 1. The number of carbonyl (C=O) groups excluding carboxylic acids is 2. The molecule has 7 nitrogen and oxygen atoms in total. The molecule has 0 radical (unpaired) electrons. The Balaban J connectivity index is 1.43. The van der Waals surface area contributed by atoms with E-state index in [-0.39, 0.29) is 11.8 Å². The normalized spacial score (nSPS) is 17.2. The highest BCUT2D eigenvalue weighted by Crippen LogP contribution is 2.30. The smallest absolute Gasteiger partial charge is 0.249 e. The molecule has 2 aromatic rings. The molecule has 4 rings (SSSR count). The van der Waals surface area contributed by atoms with Gasteiger partial charge in [0.2, 0.25) is 11.8 Å². The molecule has 0 atom stereocenters. The minimum atomic E-state index is 0.0141. The Morgan fingerprint density at radius 3 is 2.73 bits per heavy atom. The topological polar surface area (TPSA) is 79.6 Å². The lowest BCUT2D eigenvalue weighted by Crippen LogP contribution is -2.39. The average Bonchev–Trinajstić information content (AvgIpc) is 3.27. The SMILES string of the molecule is C=CCNC(=O)CCc1c(C)nc2cc(C3CCN(C(=O)C4=CCCCC4)CC3)nn2c1C. The third-order valence-corrected chi connectivity index (χ3v) is 6.99. The first kappa shape index (κ1) is 23.2. The summed E-state index contributed by atoms with van der Waals surface area (Å²) in [6.45, 7) is 9.73. The molecule has 1 saturated heterocycles. The van der Waals surface area contributed by atoms with Gasteiger partial charge in [-0.05, 0) is 64.4 Å². The fourth-order valence-corrected chi connectivity index (χ4v) is 5.03. The zero-order valence-corrected chi connectivity index (χ0v) is 19.9. The van der Waals surface area contributed by atoms with Crippen molar-refractivity contribution < 1.29 is 9.59 Å². The summed E-state index contributed by atoms with van der Waals surface area (Å²) in [5.74, 6) is 0.585. The second-order valence-electron chi connectivity index (χ2n) is 9.23. The van der Waals surface area contributed by atoms with Crippen molar-refractivity contribution in [3.05, 3.63) is 53.0 Å². The highest BCUT2D eigenvalue weighted by Gasteiger charge is 2.28. The molecular weight excluding hydrogens is 414 g/mol. The number of aryl methyl sites for hydroxylation is 2. The van der Waals surface area contributed by atoms with Gasteiger partial charge in [-0.25, -0.2) is 9.50 Å². The van der Waals surface area contributed by atoms with E-state index in [1.807, 2.05) is 16.3 Å². The summed E-state index contributed by atoms with van der Waals surface area (Å²) in [5.41, 5.74) is 5.97. The Labute approximate surface area is 195 Å². The largest absolute Gasteiger partial charge is 0.353 e. The van der Waals surface area contributed by atoms with Crippen LogP contribution in [0.5, 0.6) is 0 Å². The van der Waals surface area contributed by atoms with E-state index in [1.165, 1.54) is 6.42 Å². The van der Waals surface area contributed by atoms with Crippen LogP contribution in [0.4, 0.5) is 0 Å². The molecule has 1 fully saturated rings.